The monoisotopic (exact) mass is 569 g/mol. The average Bonchev–Trinajstić information content (AvgIpc) is 3.41. The molecule has 14 nitrogen and oxygen atoms in total. The number of carbonyl (C=O) groups is 7. The molecule has 40 heavy (non-hydrogen) atoms. The predicted molar refractivity (Wildman–Crippen MR) is 143 cm³/mol. The maximum Gasteiger partial charge on any atom is 0.326 e. The highest BCUT2D eigenvalue weighted by Gasteiger charge is 2.33. The standard InChI is InChI=1S/C26H43N5O9/c1-5-16(6-2)23(36)27-14-20(32)28-17(12-21(33)31-9-7-8-10-31)24(37)29-18(13-22(34)35)25(38)30-19(26(39)40)11-15(3)4/h15-19H,5-14H2,1-4H3,(H,27,36)(H,28,32)(H,29,37)(H,30,38)(H,34,35)(H,39,40)/t17-,18-,19-/m0/s1. The van der Waals surface area contributed by atoms with Crippen LogP contribution in [0.3, 0.4) is 0 Å². The predicted octanol–water partition coefficient (Wildman–Crippen LogP) is -0.389. The molecule has 0 aromatic heterocycles. The first-order chi connectivity index (χ1) is 18.8. The number of hydrogen-bond acceptors (Lipinski definition) is 7. The van der Waals surface area contributed by atoms with Crippen molar-refractivity contribution in [1.82, 2.24) is 26.2 Å². The molecule has 226 valence electrons. The van der Waals surface area contributed by atoms with Crippen molar-refractivity contribution in [1.29, 1.82) is 0 Å². The fourth-order valence-corrected chi connectivity index (χ4v) is 4.32. The Morgan fingerprint density at radius 2 is 1.27 bits per heavy atom. The van der Waals surface area contributed by atoms with Gasteiger partial charge in [0.25, 0.3) is 0 Å². The van der Waals surface area contributed by atoms with E-state index in [1.54, 1.807) is 13.8 Å². The van der Waals surface area contributed by atoms with Crippen molar-refractivity contribution in [2.75, 3.05) is 19.6 Å². The van der Waals surface area contributed by atoms with Crippen molar-refractivity contribution in [3.63, 3.8) is 0 Å². The number of likely N-dealkylation sites (tertiary alicyclic amines) is 1. The summed E-state index contributed by atoms with van der Waals surface area (Å²) in [6.07, 6.45) is 1.49. The van der Waals surface area contributed by atoms with Gasteiger partial charge in [-0.1, -0.05) is 27.7 Å². The van der Waals surface area contributed by atoms with Crippen LogP contribution in [0.15, 0.2) is 0 Å². The molecule has 3 atom stereocenters. The van der Waals surface area contributed by atoms with Gasteiger partial charge in [-0.05, 0) is 38.0 Å². The minimum Gasteiger partial charge on any atom is -0.481 e. The lowest BCUT2D eigenvalue weighted by molar-refractivity contribution is -0.144. The quantitative estimate of drug-likeness (QED) is 0.134. The van der Waals surface area contributed by atoms with Crippen LogP contribution in [0.4, 0.5) is 0 Å². The lowest BCUT2D eigenvalue weighted by Gasteiger charge is -2.25. The van der Waals surface area contributed by atoms with E-state index in [-0.39, 0.29) is 24.2 Å². The number of nitrogens with zero attached hydrogens (tertiary/aromatic N) is 1. The normalized spacial score (nSPS) is 15.2. The van der Waals surface area contributed by atoms with Crippen LogP contribution in [0, 0.1) is 11.8 Å². The fraction of sp³-hybridized carbons (Fsp3) is 0.731. The topological polar surface area (TPSA) is 211 Å². The Morgan fingerprint density at radius 1 is 0.750 bits per heavy atom. The first-order valence-corrected chi connectivity index (χ1v) is 13.7. The number of amides is 5. The van der Waals surface area contributed by atoms with E-state index in [0.29, 0.717) is 25.9 Å². The summed E-state index contributed by atoms with van der Waals surface area (Å²) in [5.41, 5.74) is 0. The molecule has 0 spiro atoms. The molecule has 0 aromatic rings. The van der Waals surface area contributed by atoms with Gasteiger partial charge in [-0.15, -0.1) is 0 Å². The summed E-state index contributed by atoms with van der Waals surface area (Å²) in [5.74, 6) is -6.67. The summed E-state index contributed by atoms with van der Waals surface area (Å²) < 4.78 is 0. The number of carboxylic acids is 2. The Labute approximate surface area is 234 Å². The fourth-order valence-electron chi connectivity index (χ4n) is 4.32. The molecule has 0 unspecified atom stereocenters. The molecular formula is C26H43N5O9. The third kappa shape index (κ3) is 12.0. The second-order valence-corrected chi connectivity index (χ2v) is 10.3. The molecule has 5 amide bonds. The lowest BCUT2D eigenvalue weighted by atomic mass is 10.0. The zero-order valence-corrected chi connectivity index (χ0v) is 23.7. The van der Waals surface area contributed by atoms with Gasteiger partial charge in [-0.3, -0.25) is 28.8 Å². The molecule has 1 saturated heterocycles. The molecule has 1 heterocycles. The largest absolute Gasteiger partial charge is 0.481 e. The SMILES string of the molecule is CCC(CC)C(=O)NCC(=O)N[C@@H](CC(=O)N1CCCC1)C(=O)N[C@@H](CC(=O)O)C(=O)N[C@@H](CC(C)C)C(=O)O. The minimum absolute atomic E-state index is 0.0699. The van der Waals surface area contributed by atoms with Crippen molar-refractivity contribution in [2.24, 2.45) is 11.8 Å². The van der Waals surface area contributed by atoms with Crippen LogP contribution < -0.4 is 21.3 Å². The van der Waals surface area contributed by atoms with Gasteiger partial charge in [-0.25, -0.2) is 4.79 Å². The Kier molecular flexibility index (Phi) is 14.7. The average molecular weight is 570 g/mol. The molecule has 14 heteroatoms. The second-order valence-electron chi connectivity index (χ2n) is 10.3. The van der Waals surface area contributed by atoms with E-state index in [4.69, 9.17) is 0 Å². The molecule has 0 radical (unpaired) electrons. The van der Waals surface area contributed by atoms with Gasteiger partial charge in [0.2, 0.25) is 29.5 Å². The molecule has 1 aliphatic rings. The van der Waals surface area contributed by atoms with E-state index in [9.17, 15) is 43.8 Å². The molecule has 1 fully saturated rings. The first-order valence-electron chi connectivity index (χ1n) is 13.7. The molecule has 0 aliphatic carbocycles. The van der Waals surface area contributed by atoms with Crippen molar-refractivity contribution in [3.05, 3.63) is 0 Å². The third-order valence-electron chi connectivity index (χ3n) is 6.60. The number of hydrogen-bond donors (Lipinski definition) is 6. The molecule has 1 aliphatic heterocycles. The maximum absolute atomic E-state index is 13.2. The summed E-state index contributed by atoms with van der Waals surface area (Å²) in [7, 11) is 0. The van der Waals surface area contributed by atoms with Crippen LogP contribution in [-0.4, -0.2) is 94.3 Å². The van der Waals surface area contributed by atoms with E-state index in [1.807, 2.05) is 13.8 Å². The van der Waals surface area contributed by atoms with Crippen molar-refractivity contribution in [3.8, 4) is 0 Å². The lowest BCUT2D eigenvalue weighted by Crippen LogP contribution is -2.57. The third-order valence-corrected chi connectivity index (χ3v) is 6.60. The molecule has 1 rings (SSSR count). The van der Waals surface area contributed by atoms with Crippen LogP contribution >= 0.6 is 0 Å². The summed E-state index contributed by atoms with van der Waals surface area (Å²) in [6, 6.07) is -4.46. The van der Waals surface area contributed by atoms with E-state index in [2.05, 4.69) is 21.3 Å². The zero-order chi connectivity index (χ0) is 30.4. The summed E-state index contributed by atoms with van der Waals surface area (Å²) in [5, 5.41) is 28.1. The Balaban J connectivity index is 3.05. The summed E-state index contributed by atoms with van der Waals surface area (Å²) >= 11 is 0. The maximum atomic E-state index is 13.2. The van der Waals surface area contributed by atoms with Gasteiger partial charge in [-0.2, -0.15) is 0 Å². The van der Waals surface area contributed by atoms with Gasteiger partial charge < -0.3 is 36.4 Å². The highest BCUT2D eigenvalue weighted by Crippen LogP contribution is 2.11. The van der Waals surface area contributed by atoms with Gasteiger partial charge in [0, 0.05) is 19.0 Å². The number of nitrogens with one attached hydrogen (secondary N) is 4. The van der Waals surface area contributed by atoms with Gasteiger partial charge in [0.05, 0.1) is 19.4 Å². The molecule has 0 aromatic carbocycles. The second kappa shape index (κ2) is 17.1. The van der Waals surface area contributed by atoms with Crippen molar-refractivity contribution >= 4 is 41.5 Å². The van der Waals surface area contributed by atoms with E-state index in [0.717, 1.165) is 12.8 Å². The molecule has 0 saturated carbocycles. The van der Waals surface area contributed by atoms with Gasteiger partial charge in [0.1, 0.15) is 18.1 Å². The number of carboxylic acid groups (broad SMARTS) is 2. The number of carbonyl (C=O) groups excluding carboxylic acids is 5. The number of aliphatic carboxylic acids is 2. The Morgan fingerprint density at radius 3 is 1.75 bits per heavy atom. The Bertz CT molecular complexity index is 930. The summed E-state index contributed by atoms with van der Waals surface area (Å²) in [6.45, 7) is 7.69. The highest BCUT2D eigenvalue weighted by molar-refractivity contribution is 5.97. The number of rotatable bonds is 17. The van der Waals surface area contributed by atoms with Gasteiger partial charge >= 0.3 is 11.9 Å². The van der Waals surface area contributed by atoms with Crippen LogP contribution in [0.25, 0.3) is 0 Å². The molecule has 6 N–H and O–H groups in total. The van der Waals surface area contributed by atoms with E-state index < -0.39 is 73.1 Å². The van der Waals surface area contributed by atoms with E-state index in [1.165, 1.54) is 4.90 Å². The highest BCUT2D eigenvalue weighted by atomic mass is 16.4. The molecule has 0 bridgehead atoms. The molecular weight excluding hydrogens is 526 g/mol. The van der Waals surface area contributed by atoms with Crippen LogP contribution in [0.2, 0.25) is 0 Å². The van der Waals surface area contributed by atoms with Crippen molar-refractivity contribution in [2.45, 2.75) is 90.8 Å². The minimum atomic E-state index is -1.67. The van der Waals surface area contributed by atoms with E-state index >= 15 is 0 Å². The van der Waals surface area contributed by atoms with Crippen LogP contribution in [0.5, 0.6) is 0 Å². The zero-order valence-electron chi connectivity index (χ0n) is 23.7. The van der Waals surface area contributed by atoms with Crippen LogP contribution in [-0.2, 0) is 33.6 Å². The van der Waals surface area contributed by atoms with Crippen molar-refractivity contribution < 1.29 is 43.8 Å². The summed E-state index contributed by atoms with van der Waals surface area (Å²) in [4.78, 5) is 88.2. The Hall–Kier alpha value is -3.71. The van der Waals surface area contributed by atoms with Gasteiger partial charge in [0.15, 0.2) is 0 Å². The van der Waals surface area contributed by atoms with Crippen LogP contribution in [0.1, 0.15) is 72.6 Å². The first kappa shape index (κ1) is 34.3. The smallest absolute Gasteiger partial charge is 0.326 e.